The molecule has 1 unspecified atom stereocenters. The van der Waals surface area contributed by atoms with E-state index in [-0.39, 0.29) is 0 Å². The van der Waals surface area contributed by atoms with Crippen LogP contribution >= 0.6 is 0 Å². The van der Waals surface area contributed by atoms with Crippen molar-refractivity contribution in [3.8, 4) is 5.75 Å². The third-order valence-electron chi connectivity index (χ3n) is 4.40. The third-order valence-corrected chi connectivity index (χ3v) is 4.40. The molecule has 0 aromatic heterocycles. The number of rotatable bonds is 4. The van der Waals surface area contributed by atoms with Gasteiger partial charge in [0, 0.05) is 5.54 Å². The van der Waals surface area contributed by atoms with E-state index in [0.717, 1.165) is 19.4 Å². The van der Waals surface area contributed by atoms with Crippen LogP contribution in [0.5, 0.6) is 5.75 Å². The van der Waals surface area contributed by atoms with Crippen LogP contribution in [0, 0.1) is 5.92 Å². The molecule has 2 heteroatoms. The van der Waals surface area contributed by atoms with Crippen molar-refractivity contribution >= 4 is 0 Å². The van der Waals surface area contributed by atoms with E-state index in [1.807, 2.05) is 12.1 Å². The molecule has 0 aliphatic carbocycles. The van der Waals surface area contributed by atoms with Crippen molar-refractivity contribution < 1.29 is 5.11 Å². The number of phenols is 1. The minimum absolute atomic E-state index is 0.295. The van der Waals surface area contributed by atoms with Gasteiger partial charge >= 0.3 is 0 Å². The van der Waals surface area contributed by atoms with Crippen LogP contribution in [0.25, 0.3) is 0 Å². The van der Waals surface area contributed by atoms with Gasteiger partial charge in [-0.2, -0.15) is 0 Å². The van der Waals surface area contributed by atoms with E-state index in [1.165, 1.54) is 24.8 Å². The molecule has 1 fully saturated rings. The molecule has 0 saturated carbocycles. The number of piperidine rings is 1. The van der Waals surface area contributed by atoms with Crippen LogP contribution < -0.4 is 5.32 Å². The zero-order valence-corrected chi connectivity index (χ0v) is 11.6. The second kappa shape index (κ2) is 5.75. The maximum atomic E-state index is 9.51. The molecule has 18 heavy (non-hydrogen) atoms. The maximum absolute atomic E-state index is 9.51. The lowest BCUT2D eigenvalue weighted by molar-refractivity contribution is 0.170. The number of hydrogen-bond acceptors (Lipinski definition) is 2. The largest absolute Gasteiger partial charge is 0.508 e. The summed E-state index contributed by atoms with van der Waals surface area (Å²) in [5.41, 5.74) is 1.53. The monoisotopic (exact) mass is 247 g/mol. The zero-order valence-electron chi connectivity index (χ0n) is 11.6. The first-order chi connectivity index (χ1) is 8.62. The molecule has 1 saturated heterocycles. The van der Waals surface area contributed by atoms with Gasteiger partial charge in [-0.15, -0.1) is 0 Å². The van der Waals surface area contributed by atoms with Crippen LogP contribution in [0.1, 0.15) is 45.1 Å². The molecule has 1 aromatic carbocycles. The van der Waals surface area contributed by atoms with Crippen molar-refractivity contribution in [2.45, 2.75) is 51.5 Å². The van der Waals surface area contributed by atoms with E-state index in [1.54, 1.807) is 6.07 Å². The summed E-state index contributed by atoms with van der Waals surface area (Å²) in [5, 5.41) is 13.3. The Bertz CT molecular complexity index is 380. The lowest BCUT2D eigenvalue weighted by atomic mass is 9.75. The van der Waals surface area contributed by atoms with E-state index in [2.05, 4.69) is 25.2 Å². The van der Waals surface area contributed by atoms with Crippen LogP contribution in [-0.2, 0) is 6.42 Å². The highest BCUT2D eigenvalue weighted by Gasteiger charge is 2.34. The van der Waals surface area contributed by atoms with Crippen LogP contribution in [0.3, 0.4) is 0 Å². The van der Waals surface area contributed by atoms with Crippen molar-refractivity contribution in [2.24, 2.45) is 5.92 Å². The summed E-state index contributed by atoms with van der Waals surface area (Å²) in [7, 11) is 0. The van der Waals surface area contributed by atoms with E-state index in [4.69, 9.17) is 0 Å². The van der Waals surface area contributed by atoms with E-state index in [9.17, 15) is 5.11 Å². The Morgan fingerprint density at radius 2 is 2.17 bits per heavy atom. The Hall–Kier alpha value is -1.02. The standard InChI is InChI=1S/C16H25NO/c1-13(2)16(9-3-4-11-17-16)10-8-14-6-5-7-15(18)12-14/h5-7,12-13,17-18H,3-4,8-11H2,1-2H3. The number of phenolic OH excluding ortho intramolecular Hbond substituents is 1. The van der Waals surface area contributed by atoms with Gasteiger partial charge in [0.1, 0.15) is 5.75 Å². The molecule has 0 amide bonds. The highest BCUT2D eigenvalue weighted by atomic mass is 16.3. The molecule has 100 valence electrons. The molecular weight excluding hydrogens is 222 g/mol. The number of aryl methyl sites for hydroxylation is 1. The van der Waals surface area contributed by atoms with Gasteiger partial charge in [0.25, 0.3) is 0 Å². The lowest BCUT2D eigenvalue weighted by Gasteiger charge is -2.42. The zero-order chi connectivity index (χ0) is 13.0. The summed E-state index contributed by atoms with van der Waals surface area (Å²) in [6.07, 6.45) is 6.13. The molecule has 2 rings (SSSR count). The Labute approximate surface area is 110 Å². The van der Waals surface area contributed by atoms with Crippen LogP contribution in [0.4, 0.5) is 0 Å². The summed E-state index contributed by atoms with van der Waals surface area (Å²) >= 11 is 0. The predicted molar refractivity (Wildman–Crippen MR) is 75.9 cm³/mol. The number of nitrogens with one attached hydrogen (secondary N) is 1. The first-order valence-electron chi connectivity index (χ1n) is 7.15. The molecule has 1 aliphatic heterocycles. The highest BCUT2D eigenvalue weighted by Crippen LogP contribution is 2.32. The van der Waals surface area contributed by atoms with Gasteiger partial charge in [0.15, 0.2) is 0 Å². The molecule has 0 bridgehead atoms. The van der Waals surface area contributed by atoms with Crippen LogP contribution in [-0.4, -0.2) is 17.2 Å². The molecule has 0 radical (unpaired) electrons. The highest BCUT2D eigenvalue weighted by molar-refractivity contribution is 5.27. The van der Waals surface area contributed by atoms with Crippen molar-refractivity contribution in [1.82, 2.24) is 5.32 Å². The predicted octanol–water partition coefficient (Wildman–Crippen LogP) is 3.49. The first kappa shape index (κ1) is 13.4. The smallest absolute Gasteiger partial charge is 0.115 e. The SMILES string of the molecule is CC(C)C1(CCc2cccc(O)c2)CCCCN1. The van der Waals surface area contributed by atoms with Crippen LogP contribution in [0.2, 0.25) is 0 Å². The van der Waals surface area contributed by atoms with Gasteiger partial charge in [-0.1, -0.05) is 32.4 Å². The van der Waals surface area contributed by atoms with Crippen molar-refractivity contribution in [2.75, 3.05) is 6.54 Å². The molecule has 1 heterocycles. The Balaban J connectivity index is 2.01. The van der Waals surface area contributed by atoms with Crippen molar-refractivity contribution in [1.29, 1.82) is 0 Å². The third kappa shape index (κ3) is 3.05. The number of hydrogen-bond donors (Lipinski definition) is 2. The quantitative estimate of drug-likeness (QED) is 0.853. The Morgan fingerprint density at radius 3 is 2.78 bits per heavy atom. The molecule has 1 atom stereocenters. The molecule has 2 nitrogen and oxygen atoms in total. The summed E-state index contributed by atoms with van der Waals surface area (Å²) in [6, 6.07) is 7.66. The molecule has 2 N–H and O–H groups in total. The van der Waals surface area contributed by atoms with Gasteiger partial charge in [0.2, 0.25) is 0 Å². The lowest BCUT2D eigenvalue weighted by Crippen LogP contribution is -2.52. The van der Waals surface area contributed by atoms with Gasteiger partial charge < -0.3 is 10.4 Å². The molecule has 0 spiro atoms. The van der Waals surface area contributed by atoms with Crippen molar-refractivity contribution in [3.05, 3.63) is 29.8 Å². The van der Waals surface area contributed by atoms with E-state index < -0.39 is 0 Å². The fraction of sp³-hybridized carbons (Fsp3) is 0.625. The fourth-order valence-electron chi connectivity index (χ4n) is 3.07. The summed E-state index contributed by atoms with van der Waals surface area (Å²) in [6.45, 7) is 5.79. The minimum Gasteiger partial charge on any atom is -0.508 e. The Kier molecular flexibility index (Phi) is 4.28. The fourth-order valence-corrected chi connectivity index (χ4v) is 3.07. The number of aromatic hydroxyl groups is 1. The van der Waals surface area contributed by atoms with Gasteiger partial charge in [-0.05, 0) is 55.8 Å². The molecular formula is C16H25NO. The summed E-state index contributed by atoms with van der Waals surface area (Å²) in [4.78, 5) is 0. The normalized spacial score (nSPS) is 24.4. The van der Waals surface area contributed by atoms with Crippen LogP contribution in [0.15, 0.2) is 24.3 Å². The second-order valence-electron chi connectivity index (χ2n) is 5.86. The average Bonchev–Trinajstić information content (AvgIpc) is 2.37. The van der Waals surface area contributed by atoms with E-state index in [0.29, 0.717) is 17.2 Å². The number of benzene rings is 1. The van der Waals surface area contributed by atoms with E-state index >= 15 is 0 Å². The first-order valence-corrected chi connectivity index (χ1v) is 7.15. The molecule has 1 aliphatic rings. The minimum atomic E-state index is 0.295. The summed E-state index contributed by atoms with van der Waals surface area (Å²) < 4.78 is 0. The maximum Gasteiger partial charge on any atom is 0.115 e. The van der Waals surface area contributed by atoms with Gasteiger partial charge in [-0.25, -0.2) is 0 Å². The molecule has 1 aromatic rings. The second-order valence-corrected chi connectivity index (χ2v) is 5.86. The Morgan fingerprint density at radius 1 is 1.33 bits per heavy atom. The van der Waals surface area contributed by atoms with Crippen molar-refractivity contribution in [3.63, 3.8) is 0 Å². The van der Waals surface area contributed by atoms with Gasteiger partial charge in [0.05, 0.1) is 0 Å². The van der Waals surface area contributed by atoms with Gasteiger partial charge in [-0.3, -0.25) is 0 Å². The average molecular weight is 247 g/mol. The summed E-state index contributed by atoms with van der Waals surface area (Å²) in [5.74, 6) is 1.04. The topological polar surface area (TPSA) is 32.3 Å².